The van der Waals surface area contributed by atoms with Gasteiger partial charge in [0.1, 0.15) is 0 Å². The zero-order chi connectivity index (χ0) is 34.9. The highest BCUT2D eigenvalue weighted by Crippen LogP contribution is 2.47. The smallest absolute Gasteiger partial charge is 0.164 e. The molecule has 53 heavy (non-hydrogen) atoms. The third kappa shape index (κ3) is 4.91. The van der Waals surface area contributed by atoms with Crippen LogP contribution in [0.15, 0.2) is 176 Å². The van der Waals surface area contributed by atoms with Crippen molar-refractivity contribution in [1.29, 1.82) is 0 Å². The van der Waals surface area contributed by atoms with E-state index in [-0.39, 0.29) is 0 Å². The summed E-state index contributed by atoms with van der Waals surface area (Å²) in [6.45, 7) is 0. The van der Waals surface area contributed by atoms with E-state index in [1.807, 2.05) is 29.5 Å². The summed E-state index contributed by atoms with van der Waals surface area (Å²) in [6.07, 6.45) is 0. The number of aromatic nitrogens is 3. The molecule has 0 aliphatic heterocycles. The number of rotatable bonds is 4. The molecular weight excluding hydrogens is 663 g/mol. The summed E-state index contributed by atoms with van der Waals surface area (Å²) in [4.78, 5) is 15.7. The van der Waals surface area contributed by atoms with Gasteiger partial charge in [0.25, 0.3) is 0 Å². The summed E-state index contributed by atoms with van der Waals surface area (Å²) in [5.74, 6) is 1.97. The summed E-state index contributed by atoms with van der Waals surface area (Å²) in [6, 6.07) is 62.6. The predicted octanol–water partition coefficient (Wildman–Crippen LogP) is 13.5. The molecule has 0 saturated heterocycles. The second-order valence-electron chi connectivity index (χ2n) is 13.6. The van der Waals surface area contributed by atoms with Crippen molar-refractivity contribution in [3.63, 3.8) is 0 Å². The van der Waals surface area contributed by atoms with Crippen LogP contribution in [0.25, 0.3) is 109 Å². The van der Waals surface area contributed by atoms with Crippen LogP contribution in [0.4, 0.5) is 0 Å². The van der Waals surface area contributed by atoms with E-state index in [1.165, 1.54) is 68.8 Å². The highest BCUT2D eigenvalue weighted by molar-refractivity contribution is 7.27. The van der Waals surface area contributed by atoms with Gasteiger partial charge in [-0.05, 0) is 67.0 Å². The van der Waals surface area contributed by atoms with Crippen molar-refractivity contribution in [3.8, 4) is 45.3 Å². The molecule has 0 aliphatic carbocycles. The van der Waals surface area contributed by atoms with Crippen molar-refractivity contribution in [1.82, 2.24) is 15.0 Å². The fourth-order valence-corrected chi connectivity index (χ4v) is 9.24. The van der Waals surface area contributed by atoms with Crippen molar-refractivity contribution in [2.45, 2.75) is 0 Å². The molecule has 11 aromatic rings. The number of nitrogens with zero attached hydrogens (tertiary/aromatic N) is 3. The molecule has 3 nitrogen and oxygen atoms in total. The molecule has 0 amide bonds. The van der Waals surface area contributed by atoms with E-state index in [2.05, 4.69) is 158 Å². The van der Waals surface area contributed by atoms with Gasteiger partial charge in [-0.25, -0.2) is 15.0 Å². The van der Waals surface area contributed by atoms with Crippen LogP contribution in [0, 0.1) is 0 Å². The monoisotopic (exact) mass is 691 g/mol. The van der Waals surface area contributed by atoms with Gasteiger partial charge in [-0.2, -0.15) is 0 Å². The molecule has 0 spiro atoms. The molecule has 0 N–H and O–H groups in total. The molecule has 0 unspecified atom stereocenters. The summed E-state index contributed by atoms with van der Waals surface area (Å²) in [5.41, 5.74) is 5.27. The zero-order valence-corrected chi connectivity index (χ0v) is 29.3. The van der Waals surface area contributed by atoms with Crippen LogP contribution in [-0.2, 0) is 0 Å². The minimum Gasteiger partial charge on any atom is -0.208 e. The van der Waals surface area contributed by atoms with Crippen molar-refractivity contribution < 1.29 is 0 Å². The number of thiophene rings is 1. The van der Waals surface area contributed by atoms with Crippen molar-refractivity contribution in [2.24, 2.45) is 0 Å². The van der Waals surface area contributed by atoms with Crippen LogP contribution in [0.3, 0.4) is 0 Å². The van der Waals surface area contributed by atoms with E-state index in [0.717, 1.165) is 22.3 Å². The fourth-order valence-electron chi connectivity index (χ4n) is 7.91. The third-order valence-corrected chi connectivity index (χ3v) is 11.6. The molecule has 2 aromatic heterocycles. The first-order valence-electron chi connectivity index (χ1n) is 17.9. The number of fused-ring (bicyclic) bond motifs is 9. The molecule has 11 rings (SSSR count). The number of hydrogen-bond acceptors (Lipinski definition) is 4. The average Bonchev–Trinajstić information content (AvgIpc) is 3.60. The predicted molar refractivity (Wildman–Crippen MR) is 224 cm³/mol. The third-order valence-electron chi connectivity index (χ3n) is 10.5. The van der Waals surface area contributed by atoms with Gasteiger partial charge in [-0.3, -0.25) is 0 Å². The molecule has 0 atom stereocenters. The van der Waals surface area contributed by atoms with Gasteiger partial charge in [0, 0.05) is 42.2 Å². The molecule has 0 radical (unpaired) electrons. The number of hydrogen-bond donors (Lipinski definition) is 0. The van der Waals surface area contributed by atoms with Gasteiger partial charge in [-0.15, -0.1) is 11.3 Å². The SMILES string of the molecule is c1ccc(-c2nc(-c3ccc(-c4cccc5ccccc45)cc3)nc(-c3cc4ccc5ccccc5c4c4sc5cc6ccccc6cc5c34)n2)cc1. The van der Waals surface area contributed by atoms with Crippen molar-refractivity contribution in [2.75, 3.05) is 0 Å². The van der Waals surface area contributed by atoms with E-state index in [4.69, 9.17) is 15.0 Å². The van der Waals surface area contributed by atoms with Crippen molar-refractivity contribution in [3.05, 3.63) is 176 Å². The molecule has 246 valence electrons. The lowest BCUT2D eigenvalue weighted by molar-refractivity contribution is 1.08. The normalized spacial score (nSPS) is 11.8. The largest absolute Gasteiger partial charge is 0.208 e. The Balaban J connectivity index is 1.18. The van der Waals surface area contributed by atoms with Crippen LogP contribution in [0.1, 0.15) is 0 Å². The maximum atomic E-state index is 5.30. The minimum atomic E-state index is 0.648. The van der Waals surface area contributed by atoms with Gasteiger partial charge >= 0.3 is 0 Å². The molecule has 0 bridgehead atoms. The highest BCUT2D eigenvalue weighted by atomic mass is 32.1. The summed E-state index contributed by atoms with van der Waals surface area (Å²) in [5, 5.41) is 12.3. The average molecular weight is 692 g/mol. The minimum absolute atomic E-state index is 0.648. The number of benzene rings is 9. The van der Waals surface area contributed by atoms with E-state index < -0.39 is 0 Å². The van der Waals surface area contributed by atoms with Gasteiger partial charge < -0.3 is 0 Å². The van der Waals surface area contributed by atoms with Crippen LogP contribution in [0.5, 0.6) is 0 Å². The summed E-state index contributed by atoms with van der Waals surface area (Å²) < 4.78 is 2.50. The second-order valence-corrected chi connectivity index (χ2v) is 14.6. The molecule has 2 heterocycles. The first-order valence-corrected chi connectivity index (χ1v) is 18.7. The molecule has 4 heteroatoms. The molecular formula is C49H29N3S. The Bertz CT molecular complexity index is 3210. The van der Waals surface area contributed by atoms with E-state index in [1.54, 1.807) is 0 Å². The lowest BCUT2D eigenvalue weighted by atomic mass is 9.95. The lowest BCUT2D eigenvalue weighted by Crippen LogP contribution is -2.00. The zero-order valence-electron chi connectivity index (χ0n) is 28.5. The first-order chi connectivity index (χ1) is 26.2. The summed E-state index contributed by atoms with van der Waals surface area (Å²) >= 11 is 1.86. The Morgan fingerprint density at radius 1 is 0.321 bits per heavy atom. The molecule has 9 aromatic carbocycles. The van der Waals surface area contributed by atoms with E-state index in [9.17, 15) is 0 Å². The van der Waals surface area contributed by atoms with Gasteiger partial charge in [0.15, 0.2) is 17.5 Å². The van der Waals surface area contributed by atoms with Crippen LogP contribution in [-0.4, -0.2) is 15.0 Å². The quantitative estimate of drug-likeness (QED) is 0.172. The van der Waals surface area contributed by atoms with E-state index in [0.29, 0.717) is 17.5 Å². The highest BCUT2D eigenvalue weighted by Gasteiger charge is 2.21. The lowest BCUT2D eigenvalue weighted by Gasteiger charge is -2.13. The second kappa shape index (κ2) is 11.9. The van der Waals surface area contributed by atoms with Crippen molar-refractivity contribution >= 4 is 74.6 Å². The van der Waals surface area contributed by atoms with Crippen LogP contribution >= 0.6 is 11.3 Å². The Kier molecular flexibility index (Phi) is 6.73. The summed E-state index contributed by atoms with van der Waals surface area (Å²) in [7, 11) is 0. The van der Waals surface area contributed by atoms with E-state index >= 15 is 0 Å². The maximum Gasteiger partial charge on any atom is 0.164 e. The fraction of sp³-hybridized carbons (Fsp3) is 0. The van der Waals surface area contributed by atoms with Gasteiger partial charge in [0.2, 0.25) is 0 Å². The Labute approximate surface area is 309 Å². The first kappa shape index (κ1) is 29.9. The standard InChI is InChI=1S/C49H29N3S/c1-2-13-33(14-3-1)47-50-48(34-24-21-32(22-25-34)39-20-10-17-30-11-6-8-18-38(30)39)52-49(51-47)42-28-37-26-23-31-12-7-9-19-40(31)44(37)46-45(42)41-27-35-15-4-5-16-36(35)29-43(41)53-46/h1-29H. The molecule has 0 saturated carbocycles. The van der Waals surface area contributed by atoms with Crippen LogP contribution in [0.2, 0.25) is 0 Å². The molecule has 0 fully saturated rings. The van der Waals surface area contributed by atoms with Gasteiger partial charge in [-0.1, -0.05) is 158 Å². The van der Waals surface area contributed by atoms with Gasteiger partial charge in [0.05, 0.1) is 0 Å². The topological polar surface area (TPSA) is 38.7 Å². The molecule has 0 aliphatic rings. The Morgan fingerprint density at radius 3 is 1.66 bits per heavy atom. The van der Waals surface area contributed by atoms with Crippen LogP contribution < -0.4 is 0 Å². The Morgan fingerprint density at radius 2 is 0.887 bits per heavy atom. The Hall–Kier alpha value is -6.75. The maximum absolute atomic E-state index is 5.30.